The summed E-state index contributed by atoms with van der Waals surface area (Å²) in [5, 5.41) is 4.69. The van der Waals surface area contributed by atoms with Crippen LogP contribution in [0.1, 0.15) is 59.0 Å². The zero-order valence-electron chi connectivity index (χ0n) is 23.5. The van der Waals surface area contributed by atoms with Crippen molar-refractivity contribution >= 4 is 34.2 Å². The molecule has 8 nitrogen and oxygen atoms in total. The molecule has 1 saturated carbocycles. The average Bonchev–Trinajstić information content (AvgIpc) is 3.71. The zero-order chi connectivity index (χ0) is 30.7. The van der Waals surface area contributed by atoms with E-state index in [4.69, 9.17) is 0 Å². The predicted molar refractivity (Wildman–Crippen MR) is 153 cm³/mol. The Morgan fingerprint density at radius 1 is 1.19 bits per heavy atom. The van der Waals surface area contributed by atoms with Gasteiger partial charge in [0.05, 0.1) is 35.5 Å². The summed E-state index contributed by atoms with van der Waals surface area (Å²) >= 11 is 0.343. The standard InChI is InChI=1S/C29H28F4N6O2S2/c1-17(2)39(43(41)25-15-37(3)16-35-25)22-7-4-19-10-23-18(13-36-38(23)21-8-5-20(30)6-9-21)11-28(19,12-22)26(40)27-34-14-24(42-27)29(31,32)33/h5-6,8-10,13-17,22H,4,7,11-12H2,1-3H3. The van der Waals surface area contributed by atoms with Gasteiger partial charge in [-0.2, -0.15) is 18.3 Å². The lowest BCUT2D eigenvalue weighted by Gasteiger charge is -2.47. The van der Waals surface area contributed by atoms with Crippen LogP contribution in [0.25, 0.3) is 11.8 Å². The number of rotatable bonds is 7. The van der Waals surface area contributed by atoms with Crippen molar-refractivity contribution < 1.29 is 26.6 Å². The molecule has 226 valence electrons. The van der Waals surface area contributed by atoms with Crippen molar-refractivity contribution in [2.75, 3.05) is 0 Å². The summed E-state index contributed by atoms with van der Waals surface area (Å²) in [7, 11) is 0.155. The van der Waals surface area contributed by atoms with Gasteiger partial charge in [0.1, 0.15) is 21.7 Å². The highest BCUT2D eigenvalue weighted by molar-refractivity contribution is 7.82. The fourth-order valence-corrected chi connectivity index (χ4v) is 8.41. The van der Waals surface area contributed by atoms with Crippen molar-refractivity contribution in [2.24, 2.45) is 12.5 Å². The zero-order valence-corrected chi connectivity index (χ0v) is 25.1. The number of carbonyl (C=O) groups is 1. The van der Waals surface area contributed by atoms with E-state index >= 15 is 0 Å². The molecule has 0 radical (unpaired) electrons. The Labute approximate surface area is 251 Å². The third-order valence-corrected chi connectivity index (χ3v) is 10.8. The van der Waals surface area contributed by atoms with Crippen LogP contribution < -0.4 is 0 Å². The van der Waals surface area contributed by atoms with Crippen LogP contribution in [0.15, 0.2) is 59.8 Å². The molecule has 1 aromatic carbocycles. The smallest absolute Gasteiger partial charge is 0.339 e. The molecule has 3 aromatic heterocycles. The van der Waals surface area contributed by atoms with E-state index in [9.17, 15) is 26.6 Å². The average molecular weight is 633 g/mol. The van der Waals surface area contributed by atoms with Crippen LogP contribution in [0, 0.1) is 11.2 Å². The SMILES string of the molecule is CC(C)N(C1CCC2=Cc3c(cnn3-c3ccc(F)cc3)CC2(C(=O)c2ncc(C(F)(F)F)s2)C1)S(=O)c1cn(C)cn1. The summed E-state index contributed by atoms with van der Waals surface area (Å²) in [6, 6.07) is 5.37. The second-order valence-electron chi connectivity index (χ2n) is 11.2. The molecule has 2 aliphatic carbocycles. The number of thiazole rings is 1. The van der Waals surface area contributed by atoms with E-state index in [-0.39, 0.29) is 35.8 Å². The van der Waals surface area contributed by atoms with E-state index in [1.165, 1.54) is 12.1 Å². The van der Waals surface area contributed by atoms with Gasteiger partial charge >= 0.3 is 6.18 Å². The number of hydrogen-bond acceptors (Lipinski definition) is 6. The van der Waals surface area contributed by atoms with Gasteiger partial charge in [-0.15, -0.1) is 11.3 Å². The van der Waals surface area contributed by atoms with Crippen LogP contribution in [-0.4, -0.2) is 50.7 Å². The topological polar surface area (TPSA) is 85.9 Å². The van der Waals surface area contributed by atoms with Gasteiger partial charge < -0.3 is 4.57 Å². The quantitative estimate of drug-likeness (QED) is 0.184. The van der Waals surface area contributed by atoms with Crippen molar-refractivity contribution in [3.8, 4) is 5.69 Å². The number of alkyl halides is 3. The molecule has 6 rings (SSSR count). The minimum atomic E-state index is -4.62. The molecule has 0 aliphatic heterocycles. The minimum absolute atomic E-state index is 0.178. The molecule has 0 spiro atoms. The predicted octanol–water partition coefficient (Wildman–Crippen LogP) is 6.01. The number of hydrogen-bond donors (Lipinski definition) is 0. The van der Waals surface area contributed by atoms with Gasteiger partial charge in [-0.3, -0.25) is 4.79 Å². The number of carbonyl (C=O) groups excluding carboxylic acids is 1. The first-order valence-electron chi connectivity index (χ1n) is 13.7. The Balaban J connectivity index is 1.43. The summed E-state index contributed by atoms with van der Waals surface area (Å²) in [5.41, 5.74) is 1.65. The molecule has 2 aliphatic rings. The second-order valence-corrected chi connectivity index (χ2v) is 13.6. The maximum atomic E-state index is 14.4. The maximum Gasteiger partial charge on any atom is 0.427 e. The number of allylic oxidation sites excluding steroid dienone is 1. The summed E-state index contributed by atoms with van der Waals surface area (Å²) in [5.74, 6) is -0.873. The van der Waals surface area contributed by atoms with E-state index in [1.807, 2.05) is 24.2 Å². The Bertz CT molecular complexity index is 1740. The van der Waals surface area contributed by atoms with Gasteiger partial charge in [0.25, 0.3) is 0 Å². The van der Waals surface area contributed by atoms with Gasteiger partial charge in [-0.25, -0.2) is 27.6 Å². The van der Waals surface area contributed by atoms with Gasteiger partial charge in [0.15, 0.2) is 10.0 Å². The molecule has 0 saturated heterocycles. The van der Waals surface area contributed by atoms with E-state index in [1.54, 1.807) is 47.2 Å². The highest BCUT2D eigenvalue weighted by atomic mass is 32.2. The van der Waals surface area contributed by atoms with Gasteiger partial charge in [-0.05, 0) is 75.4 Å². The first-order chi connectivity index (χ1) is 20.4. The molecule has 1 fully saturated rings. The lowest BCUT2D eigenvalue weighted by Crippen LogP contribution is -2.51. The molecule has 43 heavy (non-hydrogen) atoms. The molecule has 0 bridgehead atoms. The summed E-state index contributed by atoms with van der Waals surface area (Å²) in [4.78, 5) is 21.6. The van der Waals surface area contributed by atoms with Gasteiger partial charge in [0.2, 0.25) is 5.78 Å². The molecule has 0 amide bonds. The van der Waals surface area contributed by atoms with Crippen LogP contribution >= 0.6 is 11.3 Å². The number of aromatic nitrogens is 5. The number of ketones is 1. The number of imidazole rings is 1. The number of fused-ring (bicyclic) bond motifs is 2. The molecule has 14 heteroatoms. The fraction of sp³-hybridized carbons (Fsp3) is 0.379. The molecule has 3 heterocycles. The molecular weight excluding hydrogens is 604 g/mol. The van der Waals surface area contributed by atoms with E-state index in [0.29, 0.717) is 41.1 Å². The summed E-state index contributed by atoms with van der Waals surface area (Å²) in [6.45, 7) is 3.84. The third kappa shape index (κ3) is 5.29. The first kappa shape index (κ1) is 29.6. The minimum Gasteiger partial charge on any atom is -0.339 e. The summed E-state index contributed by atoms with van der Waals surface area (Å²) < 4.78 is 73.1. The number of halogens is 4. The molecular formula is C29H28F4N6O2S2. The fourth-order valence-electron chi connectivity index (χ4n) is 6.14. The van der Waals surface area contributed by atoms with Crippen molar-refractivity contribution in [1.29, 1.82) is 0 Å². The normalized spacial score (nSPS) is 21.0. The number of Topliss-reactive ketones (excluding diaryl/α,β-unsaturated/α-hetero) is 1. The number of aryl methyl sites for hydroxylation is 1. The number of benzene rings is 1. The Morgan fingerprint density at radius 3 is 2.56 bits per heavy atom. The third-order valence-electron chi connectivity index (χ3n) is 8.04. The van der Waals surface area contributed by atoms with Crippen molar-refractivity contribution in [2.45, 2.75) is 62.8 Å². The first-order valence-corrected chi connectivity index (χ1v) is 15.6. The molecule has 3 unspecified atom stereocenters. The van der Waals surface area contributed by atoms with E-state index in [2.05, 4.69) is 15.1 Å². The molecule has 4 aromatic rings. The largest absolute Gasteiger partial charge is 0.427 e. The van der Waals surface area contributed by atoms with Crippen molar-refractivity contribution in [3.05, 3.63) is 81.7 Å². The molecule has 0 N–H and O–H groups in total. The van der Waals surface area contributed by atoms with E-state index < -0.39 is 33.2 Å². The van der Waals surface area contributed by atoms with Crippen molar-refractivity contribution in [3.63, 3.8) is 0 Å². The number of nitrogens with zero attached hydrogens (tertiary/aromatic N) is 6. The lowest BCUT2D eigenvalue weighted by atomic mass is 9.61. The Morgan fingerprint density at radius 2 is 1.93 bits per heavy atom. The summed E-state index contributed by atoms with van der Waals surface area (Å²) in [6.07, 6.45) is 4.31. The van der Waals surface area contributed by atoms with Gasteiger partial charge in [0, 0.05) is 25.3 Å². The van der Waals surface area contributed by atoms with Crippen molar-refractivity contribution in [1.82, 2.24) is 28.6 Å². The van der Waals surface area contributed by atoms with Crippen LogP contribution in [0.2, 0.25) is 0 Å². The van der Waals surface area contributed by atoms with E-state index in [0.717, 1.165) is 16.8 Å². The monoisotopic (exact) mass is 632 g/mol. The molecule has 3 atom stereocenters. The van der Waals surface area contributed by atoms with Crippen LogP contribution in [0.5, 0.6) is 0 Å². The second kappa shape index (κ2) is 10.9. The maximum absolute atomic E-state index is 14.4. The lowest BCUT2D eigenvalue weighted by molar-refractivity contribution is -0.134. The van der Waals surface area contributed by atoms with Crippen LogP contribution in [0.3, 0.4) is 0 Å². The Hall–Kier alpha value is -3.49. The van der Waals surface area contributed by atoms with Crippen LogP contribution in [-0.2, 0) is 30.6 Å². The highest BCUT2D eigenvalue weighted by Crippen LogP contribution is 2.52. The van der Waals surface area contributed by atoms with Gasteiger partial charge in [-0.1, -0.05) is 5.57 Å². The Kier molecular flexibility index (Phi) is 7.50. The van der Waals surface area contributed by atoms with Crippen LogP contribution in [0.4, 0.5) is 17.6 Å². The highest BCUT2D eigenvalue weighted by Gasteiger charge is 2.52.